The topological polar surface area (TPSA) is 51.8 Å². The number of hydrogen-bond donors (Lipinski definition) is 1. The highest BCUT2D eigenvalue weighted by Crippen LogP contribution is 2.13. The molecule has 62 valence electrons. The molecule has 0 aliphatic rings. The molecule has 1 aromatic rings. The summed E-state index contributed by atoms with van der Waals surface area (Å²) in [6.45, 7) is 1.82. The fraction of sp³-hybridized carbons (Fsp3) is 0.333. The highest BCUT2D eigenvalue weighted by molar-refractivity contribution is 6.30. The van der Waals surface area contributed by atoms with Gasteiger partial charge in [-0.05, 0) is 6.92 Å². The lowest BCUT2D eigenvalue weighted by molar-refractivity contribution is 0.773. The van der Waals surface area contributed by atoms with Gasteiger partial charge in [0.05, 0.1) is 5.69 Å². The van der Waals surface area contributed by atoms with Crippen LogP contribution < -0.4 is 5.73 Å². The zero-order valence-corrected chi connectivity index (χ0v) is 7.56. The largest absolute Gasteiger partial charge is 0.323 e. The Morgan fingerprint density at radius 3 is 2.36 bits per heavy atom. The van der Waals surface area contributed by atoms with Crippen LogP contribution in [0.4, 0.5) is 0 Å². The van der Waals surface area contributed by atoms with Crippen molar-refractivity contribution in [1.82, 2.24) is 9.97 Å². The fourth-order valence-electron chi connectivity index (χ4n) is 0.637. The third kappa shape index (κ3) is 2.61. The third-order valence-corrected chi connectivity index (χ3v) is 1.40. The molecular formula is C6H9Cl2N3. The van der Waals surface area contributed by atoms with Crippen LogP contribution in [0.3, 0.4) is 0 Å². The minimum absolute atomic E-state index is 0. The van der Waals surface area contributed by atoms with Crippen molar-refractivity contribution in [1.29, 1.82) is 0 Å². The van der Waals surface area contributed by atoms with Crippen LogP contribution in [-0.2, 0) is 0 Å². The molecule has 1 aromatic heterocycles. The number of hydrogen-bond acceptors (Lipinski definition) is 3. The van der Waals surface area contributed by atoms with Gasteiger partial charge in [-0.2, -0.15) is 0 Å². The van der Waals surface area contributed by atoms with E-state index in [4.69, 9.17) is 17.3 Å². The van der Waals surface area contributed by atoms with E-state index in [2.05, 4.69) is 9.97 Å². The zero-order valence-electron chi connectivity index (χ0n) is 5.99. The van der Waals surface area contributed by atoms with E-state index in [1.54, 1.807) is 6.20 Å². The van der Waals surface area contributed by atoms with Gasteiger partial charge in [0.15, 0.2) is 5.15 Å². The second kappa shape index (κ2) is 4.49. The molecule has 1 rings (SSSR count). The van der Waals surface area contributed by atoms with E-state index < -0.39 is 0 Å². The summed E-state index contributed by atoms with van der Waals surface area (Å²) in [6.07, 6.45) is 3.11. The Hall–Kier alpha value is -0.380. The van der Waals surface area contributed by atoms with Crippen molar-refractivity contribution in [2.45, 2.75) is 13.0 Å². The minimum atomic E-state index is -0.152. The Kier molecular flexibility index (Phi) is 4.33. The van der Waals surface area contributed by atoms with Crippen LogP contribution >= 0.6 is 24.0 Å². The van der Waals surface area contributed by atoms with Crippen LogP contribution in [0.5, 0.6) is 0 Å². The van der Waals surface area contributed by atoms with Gasteiger partial charge in [0, 0.05) is 18.4 Å². The number of nitrogens with two attached hydrogens (primary N) is 1. The summed E-state index contributed by atoms with van der Waals surface area (Å²) in [4.78, 5) is 7.78. The quantitative estimate of drug-likeness (QED) is 0.738. The van der Waals surface area contributed by atoms with E-state index >= 15 is 0 Å². The first-order valence-corrected chi connectivity index (χ1v) is 3.31. The minimum Gasteiger partial charge on any atom is -0.323 e. The molecular weight excluding hydrogens is 185 g/mol. The van der Waals surface area contributed by atoms with Gasteiger partial charge in [-0.3, -0.25) is 4.98 Å². The predicted molar refractivity (Wildman–Crippen MR) is 46.9 cm³/mol. The van der Waals surface area contributed by atoms with Crippen LogP contribution in [0.15, 0.2) is 12.4 Å². The van der Waals surface area contributed by atoms with Crippen LogP contribution in [0.1, 0.15) is 18.7 Å². The molecule has 0 bridgehead atoms. The fourth-order valence-corrected chi connectivity index (χ4v) is 0.914. The van der Waals surface area contributed by atoms with Gasteiger partial charge < -0.3 is 5.73 Å². The predicted octanol–water partition coefficient (Wildman–Crippen LogP) is 1.57. The molecule has 1 atom stereocenters. The maximum atomic E-state index is 5.67. The summed E-state index contributed by atoms with van der Waals surface area (Å²) < 4.78 is 0. The van der Waals surface area contributed by atoms with E-state index in [9.17, 15) is 0 Å². The van der Waals surface area contributed by atoms with Crippen molar-refractivity contribution in [3.63, 3.8) is 0 Å². The van der Waals surface area contributed by atoms with Crippen LogP contribution in [0.25, 0.3) is 0 Å². The van der Waals surface area contributed by atoms with Crippen molar-refractivity contribution in [3.05, 3.63) is 23.2 Å². The van der Waals surface area contributed by atoms with Gasteiger partial charge in [-0.25, -0.2) is 4.98 Å². The third-order valence-electron chi connectivity index (χ3n) is 1.11. The van der Waals surface area contributed by atoms with Crippen molar-refractivity contribution in [2.24, 2.45) is 5.73 Å². The normalized spacial score (nSPS) is 11.9. The first-order chi connectivity index (χ1) is 4.72. The van der Waals surface area contributed by atoms with Crippen LogP contribution in [0.2, 0.25) is 5.15 Å². The number of rotatable bonds is 1. The Morgan fingerprint density at radius 2 is 2.00 bits per heavy atom. The Bertz CT molecular complexity index is 227. The molecule has 3 nitrogen and oxygen atoms in total. The van der Waals surface area contributed by atoms with E-state index in [1.807, 2.05) is 6.92 Å². The molecule has 11 heavy (non-hydrogen) atoms. The summed E-state index contributed by atoms with van der Waals surface area (Å²) in [5.74, 6) is 0. The van der Waals surface area contributed by atoms with Crippen molar-refractivity contribution >= 4 is 24.0 Å². The Morgan fingerprint density at radius 1 is 1.45 bits per heavy atom. The molecule has 5 heteroatoms. The molecule has 0 saturated carbocycles. The van der Waals surface area contributed by atoms with Crippen LogP contribution in [-0.4, -0.2) is 9.97 Å². The van der Waals surface area contributed by atoms with E-state index in [0.717, 1.165) is 0 Å². The summed E-state index contributed by atoms with van der Waals surface area (Å²) in [5, 5.41) is 0.387. The molecule has 0 aromatic carbocycles. The SMILES string of the molecule is CC(N)c1nccnc1Cl.Cl. The van der Waals surface area contributed by atoms with Gasteiger partial charge in [-0.15, -0.1) is 12.4 Å². The zero-order chi connectivity index (χ0) is 7.56. The van der Waals surface area contributed by atoms with E-state index in [-0.39, 0.29) is 18.4 Å². The average molecular weight is 194 g/mol. The van der Waals surface area contributed by atoms with E-state index in [0.29, 0.717) is 10.8 Å². The van der Waals surface area contributed by atoms with Crippen molar-refractivity contribution < 1.29 is 0 Å². The summed E-state index contributed by atoms with van der Waals surface area (Å²) in [6, 6.07) is -0.152. The molecule has 2 N–H and O–H groups in total. The average Bonchev–Trinajstić information content (AvgIpc) is 1.88. The van der Waals surface area contributed by atoms with Gasteiger partial charge in [0.2, 0.25) is 0 Å². The van der Waals surface area contributed by atoms with Gasteiger partial charge in [-0.1, -0.05) is 11.6 Å². The van der Waals surface area contributed by atoms with Crippen molar-refractivity contribution in [3.8, 4) is 0 Å². The van der Waals surface area contributed by atoms with Gasteiger partial charge in [0.1, 0.15) is 0 Å². The lowest BCUT2D eigenvalue weighted by Gasteiger charge is -2.03. The number of nitrogens with zero attached hydrogens (tertiary/aromatic N) is 2. The van der Waals surface area contributed by atoms with Gasteiger partial charge in [0.25, 0.3) is 0 Å². The number of halogens is 2. The standard InChI is InChI=1S/C6H8ClN3.ClH/c1-4(8)5-6(7)10-3-2-9-5;/h2-4H,8H2,1H3;1H. The second-order valence-electron chi connectivity index (χ2n) is 2.02. The maximum absolute atomic E-state index is 5.67. The molecule has 0 radical (unpaired) electrons. The molecule has 1 unspecified atom stereocenters. The first kappa shape index (κ1) is 10.6. The monoisotopic (exact) mass is 193 g/mol. The maximum Gasteiger partial charge on any atom is 0.152 e. The summed E-state index contributed by atoms with van der Waals surface area (Å²) in [5.41, 5.74) is 6.17. The summed E-state index contributed by atoms with van der Waals surface area (Å²) in [7, 11) is 0. The molecule has 0 saturated heterocycles. The highest BCUT2D eigenvalue weighted by atomic mass is 35.5. The summed E-state index contributed by atoms with van der Waals surface area (Å²) >= 11 is 5.67. The molecule has 0 amide bonds. The Balaban J connectivity index is 0.000001000. The number of aromatic nitrogens is 2. The smallest absolute Gasteiger partial charge is 0.152 e. The lowest BCUT2D eigenvalue weighted by atomic mass is 10.3. The molecule has 0 spiro atoms. The molecule has 0 fully saturated rings. The highest BCUT2D eigenvalue weighted by Gasteiger charge is 2.05. The Labute approximate surface area is 76.4 Å². The van der Waals surface area contributed by atoms with Crippen LogP contribution in [0, 0.1) is 0 Å². The lowest BCUT2D eigenvalue weighted by Crippen LogP contribution is -2.08. The molecule has 0 aliphatic heterocycles. The van der Waals surface area contributed by atoms with Gasteiger partial charge >= 0.3 is 0 Å². The second-order valence-corrected chi connectivity index (χ2v) is 2.38. The van der Waals surface area contributed by atoms with E-state index in [1.165, 1.54) is 6.20 Å². The molecule has 0 aliphatic carbocycles. The van der Waals surface area contributed by atoms with Crippen molar-refractivity contribution in [2.75, 3.05) is 0 Å². The molecule has 1 heterocycles. The first-order valence-electron chi connectivity index (χ1n) is 2.94.